The number of hydrogen-bond acceptors (Lipinski definition) is 2. The third kappa shape index (κ3) is 1.66. The van der Waals surface area contributed by atoms with Gasteiger partial charge in [0.25, 0.3) is 0 Å². The van der Waals surface area contributed by atoms with Crippen LogP contribution >= 0.6 is 15.9 Å². The minimum atomic E-state index is 0.204. The van der Waals surface area contributed by atoms with Crippen molar-refractivity contribution in [3.63, 3.8) is 0 Å². The molecule has 1 rings (SSSR count). The van der Waals surface area contributed by atoms with Gasteiger partial charge in [-0.15, -0.1) is 0 Å². The first-order chi connectivity index (χ1) is 5.15. The highest BCUT2D eigenvalue weighted by molar-refractivity contribution is 9.10. The molecule has 1 aromatic rings. The number of aryl methyl sites for hydroxylation is 1. The average molecular weight is 217 g/mol. The maximum atomic E-state index is 9.38. The number of benzene rings is 1. The molecule has 0 aromatic heterocycles. The maximum Gasteiger partial charge on any atom is 0.161 e. The van der Waals surface area contributed by atoms with E-state index in [2.05, 4.69) is 15.9 Å². The molecule has 0 aliphatic heterocycles. The first kappa shape index (κ1) is 8.40. The van der Waals surface area contributed by atoms with Crippen LogP contribution < -0.4 is 4.74 Å². The Labute approximate surface area is 73.9 Å². The molecule has 0 atom stereocenters. The molecule has 0 heterocycles. The minimum Gasteiger partial charge on any atom is -0.504 e. The fourth-order valence-electron chi connectivity index (χ4n) is 0.860. The molecule has 1 aromatic carbocycles. The van der Waals surface area contributed by atoms with Crippen LogP contribution in [-0.2, 0) is 0 Å². The molecular weight excluding hydrogens is 208 g/mol. The Kier molecular flexibility index (Phi) is 2.39. The van der Waals surface area contributed by atoms with E-state index in [0.29, 0.717) is 5.75 Å². The molecule has 0 fully saturated rings. The summed E-state index contributed by atoms with van der Waals surface area (Å²) in [6.45, 7) is 1.82. The van der Waals surface area contributed by atoms with E-state index >= 15 is 0 Å². The molecule has 2 nitrogen and oxygen atoms in total. The Bertz CT molecular complexity index is 271. The van der Waals surface area contributed by atoms with Gasteiger partial charge in [0.2, 0.25) is 0 Å². The largest absolute Gasteiger partial charge is 0.504 e. The van der Waals surface area contributed by atoms with Crippen LogP contribution in [-0.4, -0.2) is 12.2 Å². The highest BCUT2D eigenvalue weighted by atomic mass is 79.9. The SMILES string of the molecule is COc1cc(Br)cc(C)c1O. The van der Waals surface area contributed by atoms with Crippen LogP contribution in [0.2, 0.25) is 0 Å². The van der Waals surface area contributed by atoms with Gasteiger partial charge >= 0.3 is 0 Å². The Hall–Kier alpha value is -0.700. The van der Waals surface area contributed by atoms with E-state index in [0.717, 1.165) is 10.0 Å². The highest BCUT2D eigenvalue weighted by Gasteiger charge is 2.04. The van der Waals surface area contributed by atoms with E-state index in [9.17, 15) is 5.11 Å². The lowest BCUT2D eigenvalue weighted by Gasteiger charge is -2.05. The summed E-state index contributed by atoms with van der Waals surface area (Å²) < 4.78 is 5.83. The number of aromatic hydroxyl groups is 1. The van der Waals surface area contributed by atoms with Gasteiger partial charge in [0, 0.05) is 4.47 Å². The van der Waals surface area contributed by atoms with Gasteiger partial charge in [-0.3, -0.25) is 0 Å². The molecule has 0 bridgehead atoms. The Morgan fingerprint density at radius 2 is 2.09 bits per heavy atom. The first-order valence-corrected chi connectivity index (χ1v) is 3.97. The van der Waals surface area contributed by atoms with Crippen molar-refractivity contribution < 1.29 is 9.84 Å². The summed E-state index contributed by atoms with van der Waals surface area (Å²) in [4.78, 5) is 0. The van der Waals surface area contributed by atoms with Crippen LogP contribution in [0.4, 0.5) is 0 Å². The van der Waals surface area contributed by atoms with E-state index in [1.54, 1.807) is 6.07 Å². The lowest BCUT2D eigenvalue weighted by Crippen LogP contribution is -1.85. The summed E-state index contributed by atoms with van der Waals surface area (Å²) in [5, 5.41) is 9.38. The average Bonchev–Trinajstić information content (AvgIpc) is 1.96. The van der Waals surface area contributed by atoms with Crippen molar-refractivity contribution >= 4 is 15.9 Å². The number of halogens is 1. The zero-order valence-corrected chi connectivity index (χ0v) is 7.97. The number of hydrogen-bond donors (Lipinski definition) is 1. The van der Waals surface area contributed by atoms with Crippen LogP contribution in [0.3, 0.4) is 0 Å². The summed E-state index contributed by atoms with van der Waals surface area (Å²) in [5.41, 5.74) is 0.802. The second-order valence-corrected chi connectivity index (χ2v) is 3.19. The normalized spacial score (nSPS) is 9.73. The number of phenolic OH excluding ortho intramolecular Hbond substituents is 1. The third-order valence-electron chi connectivity index (χ3n) is 1.45. The molecule has 0 saturated carbocycles. The predicted octanol–water partition coefficient (Wildman–Crippen LogP) is 2.47. The molecule has 60 valence electrons. The predicted molar refractivity (Wildman–Crippen MR) is 47.1 cm³/mol. The smallest absolute Gasteiger partial charge is 0.161 e. The lowest BCUT2D eigenvalue weighted by atomic mass is 10.2. The summed E-state index contributed by atoms with van der Waals surface area (Å²) in [7, 11) is 1.53. The standard InChI is InChI=1S/C8H9BrO2/c1-5-3-6(9)4-7(11-2)8(5)10/h3-4,10H,1-2H3. The summed E-state index contributed by atoms with van der Waals surface area (Å²) in [5.74, 6) is 0.701. The second-order valence-electron chi connectivity index (χ2n) is 2.27. The van der Waals surface area contributed by atoms with E-state index in [4.69, 9.17) is 4.74 Å². The Balaban J connectivity index is 3.24. The van der Waals surface area contributed by atoms with Gasteiger partial charge in [0.1, 0.15) is 0 Å². The van der Waals surface area contributed by atoms with E-state index in [1.807, 2.05) is 13.0 Å². The van der Waals surface area contributed by atoms with Crippen molar-refractivity contribution in [1.29, 1.82) is 0 Å². The molecule has 0 unspecified atom stereocenters. The monoisotopic (exact) mass is 216 g/mol. The third-order valence-corrected chi connectivity index (χ3v) is 1.91. The molecule has 0 aliphatic rings. The van der Waals surface area contributed by atoms with Gasteiger partial charge in [-0.1, -0.05) is 15.9 Å². The fraction of sp³-hybridized carbons (Fsp3) is 0.250. The maximum absolute atomic E-state index is 9.38. The van der Waals surface area contributed by atoms with Gasteiger partial charge in [-0.25, -0.2) is 0 Å². The highest BCUT2D eigenvalue weighted by Crippen LogP contribution is 2.32. The van der Waals surface area contributed by atoms with Crippen LogP contribution in [0.25, 0.3) is 0 Å². The second kappa shape index (κ2) is 3.13. The van der Waals surface area contributed by atoms with Crippen molar-refractivity contribution in [3.05, 3.63) is 22.2 Å². The van der Waals surface area contributed by atoms with Gasteiger partial charge in [0.05, 0.1) is 7.11 Å². The molecule has 11 heavy (non-hydrogen) atoms. The van der Waals surface area contributed by atoms with Crippen molar-refractivity contribution in [1.82, 2.24) is 0 Å². The summed E-state index contributed by atoms with van der Waals surface area (Å²) in [6, 6.07) is 3.56. The number of methoxy groups -OCH3 is 1. The molecule has 1 N–H and O–H groups in total. The lowest BCUT2D eigenvalue weighted by molar-refractivity contribution is 0.371. The van der Waals surface area contributed by atoms with E-state index in [1.165, 1.54) is 7.11 Å². The topological polar surface area (TPSA) is 29.5 Å². The van der Waals surface area contributed by atoms with Gasteiger partial charge < -0.3 is 9.84 Å². The number of ether oxygens (including phenoxy) is 1. The van der Waals surface area contributed by atoms with Gasteiger partial charge in [0.15, 0.2) is 11.5 Å². The van der Waals surface area contributed by atoms with E-state index < -0.39 is 0 Å². The van der Waals surface area contributed by atoms with Crippen molar-refractivity contribution in [2.45, 2.75) is 6.92 Å². The molecular formula is C8H9BrO2. The zero-order valence-electron chi connectivity index (χ0n) is 6.39. The Morgan fingerprint density at radius 3 is 2.64 bits per heavy atom. The fourth-order valence-corrected chi connectivity index (χ4v) is 1.41. The number of phenols is 1. The van der Waals surface area contributed by atoms with Crippen molar-refractivity contribution in [2.24, 2.45) is 0 Å². The van der Waals surface area contributed by atoms with Crippen molar-refractivity contribution in [2.75, 3.05) is 7.11 Å². The molecule has 0 spiro atoms. The van der Waals surface area contributed by atoms with Crippen LogP contribution in [0.5, 0.6) is 11.5 Å². The molecule has 0 saturated heterocycles. The summed E-state index contributed by atoms with van der Waals surface area (Å²) in [6.07, 6.45) is 0. The van der Waals surface area contributed by atoms with Gasteiger partial charge in [-0.2, -0.15) is 0 Å². The van der Waals surface area contributed by atoms with Crippen LogP contribution in [0.15, 0.2) is 16.6 Å². The molecule has 0 aliphatic carbocycles. The first-order valence-electron chi connectivity index (χ1n) is 3.18. The Morgan fingerprint density at radius 1 is 1.45 bits per heavy atom. The molecule has 0 amide bonds. The minimum absolute atomic E-state index is 0.204. The van der Waals surface area contributed by atoms with Crippen LogP contribution in [0, 0.1) is 6.92 Å². The number of rotatable bonds is 1. The van der Waals surface area contributed by atoms with Crippen LogP contribution in [0.1, 0.15) is 5.56 Å². The molecule has 3 heteroatoms. The zero-order chi connectivity index (χ0) is 8.43. The van der Waals surface area contributed by atoms with E-state index in [-0.39, 0.29) is 5.75 Å². The van der Waals surface area contributed by atoms with Gasteiger partial charge in [-0.05, 0) is 24.6 Å². The molecule has 0 radical (unpaired) electrons. The summed E-state index contributed by atoms with van der Waals surface area (Å²) >= 11 is 3.30. The quantitative estimate of drug-likeness (QED) is 0.782. The van der Waals surface area contributed by atoms with Crippen molar-refractivity contribution in [3.8, 4) is 11.5 Å².